The molecule has 0 unspecified atom stereocenters. The molecule has 1 aliphatic heterocycles. The number of nitrogens with one attached hydrogen (secondary N) is 1. The second-order valence-corrected chi connectivity index (χ2v) is 10.8. The molecular weight excluding hydrogens is 522 g/mol. The van der Waals surface area contributed by atoms with E-state index >= 15 is 0 Å². The third-order valence-corrected chi connectivity index (χ3v) is 7.51. The van der Waals surface area contributed by atoms with Crippen molar-refractivity contribution in [2.45, 2.75) is 38.6 Å². The van der Waals surface area contributed by atoms with Crippen LogP contribution in [-0.4, -0.2) is 54.8 Å². The molecule has 3 aromatic heterocycles. The largest absolute Gasteiger partial charge is 0.324 e. The van der Waals surface area contributed by atoms with Gasteiger partial charge in [0, 0.05) is 28.9 Å². The maximum absolute atomic E-state index is 12.5. The average molecular weight is 554 g/mol. The van der Waals surface area contributed by atoms with E-state index in [0.29, 0.717) is 17.1 Å². The molecule has 1 amide bonds. The van der Waals surface area contributed by atoms with Gasteiger partial charge in [-0.05, 0) is 86.8 Å². The summed E-state index contributed by atoms with van der Waals surface area (Å²) in [6, 6.07) is 21.8. The Bertz CT molecular complexity index is 1600. The predicted molar refractivity (Wildman–Crippen MR) is 158 cm³/mol. The fourth-order valence-electron chi connectivity index (χ4n) is 5.26. The van der Waals surface area contributed by atoms with E-state index in [4.69, 9.17) is 21.7 Å². The van der Waals surface area contributed by atoms with Crippen molar-refractivity contribution < 1.29 is 4.79 Å². The third-order valence-electron chi connectivity index (χ3n) is 7.27. The first-order valence-corrected chi connectivity index (χ1v) is 14.2. The van der Waals surface area contributed by atoms with E-state index in [2.05, 4.69) is 39.6 Å². The first-order chi connectivity index (χ1) is 19.6. The number of aromatic nitrogens is 5. The van der Waals surface area contributed by atoms with Crippen LogP contribution in [0.25, 0.3) is 16.9 Å². The summed E-state index contributed by atoms with van der Waals surface area (Å²) in [5.41, 5.74) is 5.72. The van der Waals surface area contributed by atoms with Crippen LogP contribution in [0.3, 0.4) is 0 Å². The van der Waals surface area contributed by atoms with E-state index in [9.17, 15) is 4.79 Å². The van der Waals surface area contributed by atoms with Gasteiger partial charge in [0.25, 0.3) is 0 Å². The van der Waals surface area contributed by atoms with Gasteiger partial charge in [-0.15, -0.1) is 0 Å². The molecule has 0 radical (unpaired) electrons. The summed E-state index contributed by atoms with van der Waals surface area (Å²) < 4.78 is 3.45. The minimum atomic E-state index is -0.184. The number of likely N-dealkylation sites (tertiary alicyclic amines) is 1. The summed E-state index contributed by atoms with van der Waals surface area (Å²) >= 11 is 6.01. The molecule has 0 spiro atoms. The van der Waals surface area contributed by atoms with Crippen LogP contribution in [0.4, 0.5) is 5.69 Å². The molecule has 1 saturated heterocycles. The number of nitrogens with zero attached hydrogens (tertiary/aromatic N) is 6. The number of halogens is 1. The van der Waals surface area contributed by atoms with Crippen LogP contribution in [-0.2, 0) is 24.2 Å². The number of amides is 1. The number of hydrogen-bond acceptors (Lipinski definition) is 5. The number of carbonyl (C=O) groups is 1. The Labute approximate surface area is 238 Å². The lowest BCUT2D eigenvalue weighted by atomic mass is 10.1. The van der Waals surface area contributed by atoms with E-state index < -0.39 is 0 Å². The van der Waals surface area contributed by atoms with Crippen molar-refractivity contribution in [3.05, 3.63) is 101 Å². The highest BCUT2D eigenvalue weighted by atomic mass is 35.5. The molecule has 1 aliphatic rings. The maximum atomic E-state index is 12.5. The Kier molecular flexibility index (Phi) is 7.88. The molecule has 204 valence electrons. The zero-order valence-electron chi connectivity index (χ0n) is 22.3. The number of hydrogen-bond donors (Lipinski definition) is 1. The van der Waals surface area contributed by atoms with Crippen LogP contribution in [0.15, 0.2) is 79.1 Å². The highest BCUT2D eigenvalue weighted by Gasteiger charge is 2.13. The van der Waals surface area contributed by atoms with Crippen molar-refractivity contribution >= 4 is 28.8 Å². The highest BCUT2D eigenvalue weighted by Crippen LogP contribution is 2.21. The highest BCUT2D eigenvalue weighted by molar-refractivity contribution is 6.30. The molecule has 6 rings (SSSR count). The lowest BCUT2D eigenvalue weighted by Gasteiger charge is -2.13. The van der Waals surface area contributed by atoms with Gasteiger partial charge >= 0.3 is 0 Å². The summed E-state index contributed by atoms with van der Waals surface area (Å²) in [7, 11) is 0. The van der Waals surface area contributed by atoms with Crippen LogP contribution >= 0.6 is 11.6 Å². The molecule has 2 aromatic carbocycles. The Morgan fingerprint density at radius 2 is 1.77 bits per heavy atom. The smallest absolute Gasteiger partial charge is 0.246 e. The van der Waals surface area contributed by atoms with Crippen LogP contribution in [0, 0.1) is 0 Å². The standard InChI is InChI=1S/C31H32ClN7O/c32-26-7-3-8-27(19-26)34-31(40)22-38-21-25(20-33-38)28-9-4-10-30-35-29(36-39(28)30)18-24-13-11-23(12-14-24)6-5-17-37-15-1-2-16-37/h3-4,7-14,19-21H,1-2,5-6,15-18,22H2,(H,34,40). The molecule has 40 heavy (non-hydrogen) atoms. The molecule has 0 atom stereocenters. The SMILES string of the molecule is O=C(Cn1cc(-c2cccc3nc(Cc4ccc(CCCN5CCCC5)cc4)nn23)cn1)Nc1cccc(Cl)c1. The van der Waals surface area contributed by atoms with Crippen molar-refractivity contribution in [3.8, 4) is 11.3 Å². The fraction of sp³-hybridized carbons (Fsp3) is 0.290. The number of benzene rings is 2. The van der Waals surface area contributed by atoms with Crippen LogP contribution < -0.4 is 5.32 Å². The minimum Gasteiger partial charge on any atom is -0.324 e. The van der Waals surface area contributed by atoms with Gasteiger partial charge in [0.15, 0.2) is 11.5 Å². The summed E-state index contributed by atoms with van der Waals surface area (Å²) in [4.78, 5) is 19.8. The molecule has 9 heteroatoms. The molecule has 0 bridgehead atoms. The second-order valence-electron chi connectivity index (χ2n) is 10.3. The van der Waals surface area contributed by atoms with E-state index in [1.807, 2.05) is 28.9 Å². The predicted octanol–water partition coefficient (Wildman–Crippen LogP) is 5.50. The third kappa shape index (κ3) is 6.41. The van der Waals surface area contributed by atoms with Gasteiger partial charge in [-0.25, -0.2) is 9.50 Å². The molecule has 8 nitrogen and oxygen atoms in total. The molecule has 5 aromatic rings. The van der Waals surface area contributed by atoms with Crippen molar-refractivity contribution in [1.82, 2.24) is 29.3 Å². The molecule has 4 heterocycles. The number of anilines is 1. The van der Waals surface area contributed by atoms with Crippen LogP contribution in [0.1, 0.15) is 36.2 Å². The molecule has 1 N–H and O–H groups in total. The second kappa shape index (κ2) is 12.0. The molecule has 0 aliphatic carbocycles. The summed E-state index contributed by atoms with van der Waals surface area (Å²) in [5.74, 6) is 0.582. The number of aryl methyl sites for hydroxylation is 1. The van der Waals surface area contributed by atoms with E-state index in [0.717, 1.165) is 29.1 Å². The van der Waals surface area contributed by atoms with Crippen molar-refractivity contribution in [2.24, 2.45) is 0 Å². The Morgan fingerprint density at radius 3 is 2.60 bits per heavy atom. The number of pyridine rings is 1. The lowest BCUT2D eigenvalue weighted by molar-refractivity contribution is -0.116. The Hall–Kier alpha value is -4.01. The number of rotatable bonds is 10. The summed E-state index contributed by atoms with van der Waals surface area (Å²) in [6.07, 6.45) is 9.27. The molecular formula is C31H32ClN7O. The fourth-order valence-corrected chi connectivity index (χ4v) is 5.45. The van der Waals surface area contributed by atoms with Gasteiger partial charge in [0.1, 0.15) is 6.54 Å². The summed E-state index contributed by atoms with van der Waals surface area (Å²) in [5, 5.41) is 12.6. The normalized spacial score (nSPS) is 13.7. The zero-order valence-corrected chi connectivity index (χ0v) is 23.1. The van der Waals surface area contributed by atoms with E-state index in [-0.39, 0.29) is 12.5 Å². The average Bonchev–Trinajstić information content (AvgIpc) is 3.71. The van der Waals surface area contributed by atoms with Gasteiger partial charge in [-0.3, -0.25) is 9.48 Å². The van der Waals surface area contributed by atoms with Gasteiger partial charge in [0.05, 0.1) is 11.9 Å². The van der Waals surface area contributed by atoms with Crippen LogP contribution in [0.2, 0.25) is 5.02 Å². The first-order valence-electron chi connectivity index (χ1n) is 13.8. The maximum Gasteiger partial charge on any atom is 0.246 e. The van der Waals surface area contributed by atoms with Gasteiger partial charge in [-0.1, -0.05) is 48.0 Å². The Balaban J connectivity index is 1.09. The Morgan fingerprint density at radius 1 is 0.975 bits per heavy atom. The van der Waals surface area contributed by atoms with Gasteiger partial charge in [0.2, 0.25) is 5.91 Å². The van der Waals surface area contributed by atoms with Gasteiger partial charge < -0.3 is 10.2 Å². The summed E-state index contributed by atoms with van der Waals surface area (Å²) in [6.45, 7) is 3.80. The number of fused-ring (bicyclic) bond motifs is 1. The van der Waals surface area contributed by atoms with Crippen molar-refractivity contribution in [2.75, 3.05) is 25.0 Å². The van der Waals surface area contributed by atoms with Gasteiger partial charge in [-0.2, -0.15) is 10.2 Å². The topological polar surface area (TPSA) is 80.4 Å². The number of carbonyl (C=O) groups excluding carboxylic acids is 1. The van der Waals surface area contributed by atoms with Crippen molar-refractivity contribution in [1.29, 1.82) is 0 Å². The molecule has 1 fully saturated rings. The van der Waals surface area contributed by atoms with E-state index in [1.54, 1.807) is 35.1 Å². The van der Waals surface area contributed by atoms with Crippen molar-refractivity contribution in [3.63, 3.8) is 0 Å². The monoisotopic (exact) mass is 553 g/mol. The lowest BCUT2D eigenvalue weighted by Crippen LogP contribution is -2.20. The quantitative estimate of drug-likeness (QED) is 0.247. The molecule has 0 saturated carbocycles. The minimum absolute atomic E-state index is 0.0827. The first kappa shape index (κ1) is 26.2. The zero-order chi connectivity index (χ0) is 27.3. The van der Waals surface area contributed by atoms with Crippen LogP contribution in [0.5, 0.6) is 0 Å². The van der Waals surface area contributed by atoms with E-state index in [1.165, 1.54) is 50.0 Å².